The van der Waals surface area contributed by atoms with Crippen LogP contribution in [0.25, 0.3) is 27.2 Å². The van der Waals surface area contributed by atoms with Gasteiger partial charge in [-0.15, -0.1) is 11.3 Å². The highest BCUT2D eigenvalue weighted by Gasteiger charge is 2.12. The van der Waals surface area contributed by atoms with Gasteiger partial charge in [-0.2, -0.15) is 5.26 Å². The van der Waals surface area contributed by atoms with Crippen LogP contribution in [0.5, 0.6) is 0 Å². The first-order valence-electron chi connectivity index (χ1n) is 9.12. The molecule has 1 aromatic carbocycles. The Hall–Kier alpha value is -3.10. The first-order valence-corrected chi connectivity index (χ1v) is 9.93. The van der Waals surface area contributed by atoms with E-state index in [1.165, 1.54) is 12.8 Å². The van der Waals surface area contributed by atoms with Gasteiger partial charge >= 0.3 is 0 Å². The van der Waals surface area contributed by atoms with E-state index in [-0.39, 0.29) is 0 Å². The summed E-state index contributed by atoms with van der Waals surface area (Å²) in [7, 11) is 0. The van der Waals surface area contributed by atoms with E-state index >= 15 is 0 Å². The summed E-state index contributed by atoms with van der Waals surface area (Å²) in [6.45, 7) is 2.20. The van der Waals surface area contributed by atoms with Crippen LogP contribution in [-0.4, -0.2) is 9.97 Å². The number of anilines is 2. The lowest BCUT2D eigenvalue weighted by molar-refractivity contribution is 0.816. The molecule has 3 heterocycles. The van der Waals surface area contributed by atoms with E-state index in [1.54, 1.807) is 17.5 Å². The van der Waals surface area contributed by atoms with Crippen molar-refractivity contribution in [2.45, 2.75) is 26.2 Å². The fourth-order valence-corrected chi connectivity index (χ4v) is 4.05. The number of nitriles is 1. The van der Waals surface area contributed by atoms with Gasteiger partial charge < -0.3 is 10.3 Å². The summed E-state index contributed by atoms with van der Waals surface area (Å²) in [5.41, 5.74) is 3.42. The molecule has 0 aliphatic heterocycles. The van der Waals surface area contributed by atoms with Crippen LogP contribution < -0.4 is 5.32 Å². The Morgan fingerprint density at radius 2 is 2.22 bits per heavy atom. The maximum Gasteiger partial charge on any atom is 0.125 e. The number of nitrogens with one attached hydrogen (secondary N) is 2. The second-order valence-corrected chi connectivity index (χ2v) is 7.54. The van der Waals surface area contributed by atoms with E-state index in [0.717, 1.165) is 43.8 Å². The molecule has 27 heavy (non-hydrogen) atoms. The number of rotatable bonds is 6. The van der Waals surface area contributed by atoms with Crippen molar-refractivity contribution < 1.29 is 0 Å². The molecule has 0 atom stereocenters. The Kier molecular flexibility index (Phi) is 4.91. The predicted octanol–water partition coefficient (Wildman–Crippen LogP) is 6.60. The van der Waals surface area contributed by atoms with Crippen LogP contribution in [0, 0.1) is 11.3 Å². The van der Waals surface area contributed by atoms with Crippen molar-refractivity contribution in [3.8, 4) is 6.07 Å². The van der Waals surface area contributed by atoms with Gasteiger partial charge in [0.25, 0.3) is 0 Å². The number of unbranched alkanes of at least 4 members (excludes halogenated alkanes) is 2. The van der Waals surface area contributed by atoms with Crippen LogP contribution in [0.2, 0.25) is 0 Å². The molecule has 3 aromatic heterocycles. The van der Waals surface area contributed by atoms with Gasteiger partial charge in [0.2, 0.25) is 0 Å². The Morgan fingerprint density at radius 1 is 1.30 bits per heavy atom. The molecule has 0 fully saturated rings. The summed E-state index contributed by atoms with van der Waals surface area (Å²) in [5, 5.41) is 15.1. The van der Waals surface area contributed by atoms with E-state index in [0.29, 0.717) is 5.56 Å². The number of aromatic amines is 1. The molecular formula is C22H20N4S. The van der Waals surface area contributed by atoms with Gasteiger partial charge in [0.1, 0.15) is 10.9 Å². The fraction of sp³-hybridized carbons (Fsp3) is 0.182. The van der Waals surface area contributed by atoms with Crippen LogP contribution in [0.15, 0.2) is 48.8 Å². The molecule has 0 radical (unpaired) electrons. The van der Waals surface area contributed by atoms with Crippen LogP contribution in [0.4, 0.5) is 11.4 Å². The Labute approximate surface area is 162 Å². The lowest BCUT2D eigenvalue weighted by atomic mass is 10.1. The molecule has 0 amide bonds. The summed E-state index contributed by atoms with van der Waals surface area (Å²) in [6, 6.07) is 12.6. The minimum Gasteiger partial charge on any atom is -0.361 e. The summed E-state index contributed by atoms with van der Waals surface area (Å²) in [6.07, 6.45) is 11.4. The Bertz CT molecular complexity index is 1160. The highest BCUT2D eigenvalue weighted by atomic mass is 32.1. The van der Waals surface area contributed by atoms with Gasteiger partial charge in [-0.1, -0.05) is 25.8 Å². The Morgan fingerprint density at radius 3 is 3.07 bits per heavy atom. The molecule has 134 valence electrons. The number of allylic oxidation sites excluding steroid dienone is 1. The molecule has 0 saturated carbocycles. The van der Waals surface area contributed by atoms with E-state index in [1.807, 2.05) is 24.4 Å². The van der Waals surface area contributed by atoms with Crippen molar-refractivity contribution in [3.63, 3.8) is 0 Å². The van der Waals surface area contributed by atoms with E-state index in [9.17, 15) is 5.26 Å². The van der Waals surface area contributed by atoms with Crippen molar-refractivity contribution in [1.82, 2.24) is 9.97 Å². The molecule has 0 aliphatic rings. The van der Waals surface area contributed by atoms with Crippen LogP contribution in [0.1, 0.15) is 36.6 Å². The number of benzene rings is 1. The lowest BCUT2D eigenvalue weighted by Gasteiger charge is -2.09. The monoisotopic (exact) mass is 372 g/mol. The number of hydrogen-bond donors (Lipinski definition) is 2. The molecule has 4 rings (SSSR count). The molecule has 0 unspecified atom stereocenters. The number of H-pyrrole nitrogens is 1. The number of nitrogens with zero attached hydrogens (tertiary/aromatic N) is 2. The highest BCUT2D eigenvalue weighted by Crippen LogP contribution is 2.35. The first kappa shape index (κ1) is 17.3. The van der Waals surface area contributed by atoms with Gasteiger partial charge in [0, 0.05) is 39.2 Å². The van der Waals surface area contributed by atoms with Gasteiger partial charge in [0.05, 0.1) is 11.3 Å². The zero-order valence-electron chi connectivity index (χ0n) is 15.1. The number of pyridine rings is 1. The van der Waals surface area contributed by atoms with Gasteiger partial charge in [0.15, 0.2) is 0 Å². The van der Waals surface area contributed by atoms with E-state index in [2.05, 4.69) is 52.6 Å². The van der Waals surface area contributed by atoms with Crippen molar-refractivity contribution in [3.05, 3.63) is 59.2 Å². The minimum atomic E-state index is 0.552. The summed E-state index contributed by atoms with van der Waals surface area (Å²) >= 11 is 1.65. The molecular weight excluding hydrogens is 352 g/mol. The lowest BCUT2D eigenvalue weighted by Crippen LogP contribution is -1.95. The van der Waals surface area contributed by atoms with E-state index in [4.69, 9.17) is 0 Å². The minimum absolute atomic E-state index is 0.552. The van der Waals surface area contributed by atoms with E-state index < -0.39 is 0 Å². The number of hydrogen-bond acceptors (Lipinski definition) is 4. The molecule has 2 N–H and O–H groups in total. The predicted molar refractivity (Wildman–Crippen MR) is 114 cm³/mol. The molecule has 0 aliphatic carbocycles. The van der Waals surface area contributed by atoms with Gasteiger partial charge in [-0.25, -0.2) is 4.98 Å². The summed E-state index contributed by atoms with van der Waals surface area (Å²) in [4.78, 5) is 9.78. The molecule has 0 spiro atoms. The average molecular weight is 372 g/mol. The van der Waals surface area contributed by atoms with Crippen molar-refractivity contribution in [1.29, 1.82) is 5.26 Å². The highest BCUT2D eigenvalue weighted by molar-refractivity contribution is 7.19. The van der Waals surface area contributed by atoms with Crippen molar-refractivity contribution in [2.24, 2.45) is 0 Å². The average Bonchev–Trinajstić information content (AvgIpc) is 3.31. The molecule has 4 aromatic rings. The van der Waals surface area contributed by atoms with Crippen LogP contribution >= 0.6 is 11.3 Å². The van der Waals surface area contributed by atoms with Gasteiger partial charge in [-0.05, 0) is 42.8 Å². The van der Waals surface area contributed by atoms with Gasteiger partial charge in [-0.3, -0.25) is 0 Å². The maximum absolute atomic E-state index is 9.56. The zero-order valence-corrected chi connectivity index (χ0v) is 15.9. The van der Waals surface area contributed by atoms with Crippen molar-refractivity contribution in [2.75, 3.05) is 5.32 Å². The number of thiophene rings is 1. The standard InChI is InChI=1S/C22H20N4S/c1-2-3-4-5-6-18-12-19-21(16(13-23)14-25-22(19)27-18)26-17-7-8-20-15(11-17)9-10-24-20/h5-12,14,24H,2-4H2,1H3,(H,25,26). The number of aromatic nitrogens is 2. The molecule has 4 nitrogen and oxygen atoms in total. The van der Waals surface area contributed by atoms with Crippen LogP contribution in [-0.2, 0) is 0 Å². The first-order chi connectivity index (χ1) is 13.3. The second-order valence-electron chi connectivity index (χ2n) is 6.48. The SMILES string of the molecule is CCCCC=Cc1cc2c(Nc3ccc4[nH]ccc4c3)c(C#N)cnc2s1. The molecule has 5 heteroatoms. The smallest absolute Gasteiger partial charge is 0.125 e. The fourth-order valence-electron chi connectivity index (χ4n) is 3.11. The molecule has 0 saturated heterocycles. The summed E-state index contributed by atoms with van der Waals surface area (Å²) in [5.74, 6) is 0. The summed E-state index contributed by atoms with van der Waals surface area (Å²) < 4.78 is 0. The normalized spacial score (nSPS) is 11.4. The maximum atomic E-state index is 9.56. The largest absolute Gasteiger partial charge is 0.361 e. The Balaban J connectivity index is 1.72. The quantitative estimate of drug-likeness (QED) is 0.375. The zero-order chi connectivity index (χ0) is 18.6. The second kappa shape index (κ2) is 7.65. The third-order valence-electron chi connectivity index (χ3n) is 4.53. The third-order valence-corrected chi connectivity index (χ3v) is 5.54. The number of fused-ring (bicyclic) bond motifs is 2. The third kappa shape index (κ3) is 3.57. The van der Waals surface area contributed by atoms with Crippen LogP contribution in [0.3, 0.4) is 0 Å². The topological polar surface area (TPSA) is 64.5 Å². The molecule has 0 bridgehead atoms. The van der Waals surface area contributed by atoms with Crippen molar-refractivity contribution >= 4 is 49.9 Å².